The largest absolute Gasteiger partial charge is 0.342 e. The lowest BCUT2D eigenvalue weighted by Crippen LogP contribution is -2.40. The van der Waals surface area contributed by atoms with Crippen LogP contribution in [0.1, 0.15) is 62.0 Å². The van der Waals surface area contributed by atoms with E-state index in [0.717, 1.165) is 43.7 Å². The zero-order valence-corrected chi connectivity index (χ0v) is 15.6. The third-order valence-corrected chi connectivity index (χ3v) is 5.64. The molecule has 0 spiro atoms. The summed E-state index contributed by atoms with van der Waals surface area (Å²) in [6, 6.07) is 2.28. The lowest BCUT2D eigenvalue weighted by atomic mass is 9.98. The predicted octanol–water partition coefficient (Wildman–Crippen LogP) is 3.43. The highest BCUT2D eigenvalue weighted by molar-refractivity contribution is 7.09. The zero-order valence-electron chi connectivity index (χ0n) is 14.7. The number of piperidine rings is 1. The molecule has 5 nitrogen and oxygen atoms in total. The first kappa shape index (κ1) is 17.1. The SMILES string of the molecule is CCc1csc([C@@H]2CCCN(C(=O)Cc3ccn(C(C)C)n3)C2)n1. The second-order valence-electron chi connectivity index (χ2n) is 6.77. The van der Waals surface area contributed by atoms with Gasteiger partial charge in [0, 0.05) is 36.6 Å². The van der Waals surface area contributed by atoms with Crippen LogP contribution in [0.4, 0.5) is 0 Å². The molecule has 0 aliphatic carbocycles. The summed E-state index contributed by atoms with van der Waals surface area (Å²) in [4.78, 5) is 19.4. The Morgan fingerprint density at radius 1 is 1.42 bits per heavy atom. The molecule has 0 N–H and O–H groups in total. The van der Waals surface area contributed by atoms with Gasteiger partial charge in [-0.25, -0.2) is 4.98 Å². The van der Waals surface area contributed by atoms with Crippen LogP contribution < -0.4 is 0 Å². The van der Waals surface area contributed by atoms with E-state index >= 15 is 0 Å². The van der Waals surface area contributed by atoms with Crippen molar-refractivity contribution in [2.24, 2.45) is 0 Å². The summed E-state index contributed by atoms with van der Waals surface area (Å²) in [6.45, 7) is 7.96. The van der Waals surface area contributed by atoms with Crippen molar-refractivity contribution in [2.75, 3.05) is 13.1 Å². The average molecular weight is 347 g/mol. The molecule has 1 aliphatic rings. The Balaban J connectivity index is 1.62. The van der Waals surface area contributed by atoms with Crippen molar-refractivity contribution in [3.05, 3.63) is 34.0 Å². The number of hydrogen-bond donors (Lipinski definition) is 0. The number of aromatic nitrogens is 3. The van der Waals surface area contributed by atoms with E-state index in [-0.39, 0.29) is 5.91 Å². The van der Waals surface area contributed by atoms with E-state index in [1.165, 1.54) is 5.01 Å². The fourth-order valence-corrected chi connectivity index (χ4v) is 4.13. The number of carbonyl (C=O) groups excluding carboxylic acids is 1. The van der Waals surface area contributed by atoms with E-state index in [1.54, 1.807) is 11.3 Å². The molecule has 1 saturated heterocycles. The molecule has 24 heavy (non-hydrogen) atoms. The van der Waals surface area contributed by atoms with Crippen LogP contribution in [0, 0.1) is 0 Å². The molecule has 0 saturated carbocycles. The van der Waals surface area contributed by atoms with Crippen molar-refractivity contribution in [1.29, 1.82) is 0 Å². The highest BCUT2D eigenvalue weighted by atomic mass is 32.1. The van der Waals surface area contributed by atoms with Crippen molar-refractivity contribution in [2.45, 2.75) is 58.4 Å². The van der Waals surface area contributed by atoms with Crippen LogP contribution in [0.2, 0.25) is 0 Å². The third-order valence-electron chi connectivity index (χ3n) is 4.58. The second kappa shape index (κ2) is 7.47. The number of thiazole rings is 1. The fraction of sp³-hybridized carbons (Fsp3) is 0.611. The first-order valence-electron chi connectivity index (χ1n) is 8.83. The molecule has 1 atom stereocenters. The van der Waals surface area contributed by atoms with Gasteiger partial charge in [-0.15, -0.1) is 11.3 Å². The molecule has 0 bridgehead atoms. The Kier molecular flexibility index (Phi) is 5.33. The molecule has 3 rings (SSSR count). The maximum Gasteiger partial charge on any atom is 0.228 e. The quantitative estimate of drug-likeness (QED) is 0.833. The third kappa shape index (κ3) is 3.86. The number of nitrogens with zero attached hydrogens (tertiary/aromatic N) is 4. The van der Waals surface area contributed by atoms with Gasteiger partial charge in [0.25, 0.3) is 0 Å². The number of amides is 1. The van der Waals surface area contributed by atoms with Crippen LogP contribution in [-0.4, -0.2) is 38.7 Å². The number of rotatable bonds is 5. The van der Waals surface area contributed by atoms with Gasteiger partial charge in [-0.2, -0.15) is 5.10 Å². The molecule has 1 aliphatic heterocycles. The molecule has 1 amide bonds. The van der Waals surface area contributed by atoms with Gasteiger partial charge >= 0.3 is 0 Å². The minimum atomic E-state index is 0.181. The van der Waals surface area contributed by atoms with E-state index < -0.39 is 0 Å². The Bertz CT molecular complexity index is 691. The molecule has 130 valence electrons. The first-order chi connectivity index (χ1) is 11.6. The van der Waals surface area contributed by atoms with Crippen molar-refractivity contribution >= 4 is 17.2 Å². The highest BCUT2D eigenvalue weighted by Crippen LogP contribution is 2.29. The minimum Gasteiger partial charge on any atom is -0.342 e. The summed E-state index contributed by atoms with van der Waals surface area (Å²) in [6.07, 6.45) is 5.50. The molecule has 2 aromatic heterocycles. The Morgan fingerprint density at radius 3 is 2.92 bits per heavy atom. The van der Waals surface area contributed by atoms with E-state index in [9.17, 15) is 4.79 Å². The van der Waals surface area contributed by atoms with Crippen LogP contribution in [0.15, 0.2) is 17.6 Å². The number of carbonyl (C=O) groups is 1. The van der Waals surface area contributed by atoms with E-state index in [4.69, 9.17) is 4.98 Å². The van der Waals surface area contributed by atoms with E-state index in [1.807, 2.05) is 21.8 Å². The van der Waals surface area contributed by atoms with Gasteiger partial charge in [-0.3, -0.25) is 9.48 Å². The summed E-state index contributed by atoms with van der Waals surface area (Å²) in [5.74, 6) is 0.571. The highest BCUT2D eigenvalue weighted by Gasteiger charge is 2.27. The topological polar surface area (TPSA) is 51.0 Å². The Morgan fingerprint density at radius 2 is 2.25 bits per heavy atom. The molecule has 6 heteroatoms. The number of hydrogen-bond acceptors (Lipinski definition) is 4. The standard InChI is InChI=1S/C18H26N4OS/c1-4-15-12-24-18(19-15)14-6-5-8-21(11-14)17(23)10-16-7-9-22(20-16)13(2)3/h7,9,12-14H,4-6,8,10-11H2,1-3H3/t14-/m1/s1. The number of likely N-dealkylation sites (tertiary alicyclic amines) is 1. The van der Waals surface area contributed by atoms with Gasteiger partial charge in [-0.1, -0.05) is 6.92 Å². The molecule has 0 radical (unpaired) electrons. The first-order valence-corrected chi connectivity index (χ1v) is 9.71. The zero-order chi connectivity index (χ0) is 17.1. The van der Waals surface area contributed by atoms with Gasteiger partial charge in [0.2, 0.25) is 5.91 Å². The van der Waals surface area contributed by atoms with Crippen molar-refractivity contribution in [1.82, 2.24) is 19.7 Å². The lowest BCUT2D eigenvalue weighted by molar-refractivity contribution is -0.131. The van der Waals surface area contributed by atoms with Gasteiger partial charge in [0.1, 0.15) is 0 Å². The van der Waals surface area contributed by atoms with Crippen LogP contribution in [0.25, 0.3) is 0 Å². The van der Waals surface area contributed by atoms with E-state index in [0.29, 0.717) is 18.4 Å². The van der Waals surface area contributed by atoms with Gasteiger partial charge in [-0.05, 0) is 39.2 Å². The fourth-order valence-electron chi connectivity index (χ4n) is 3.10. The summed E-state index contributed by atoms with van der Waals surface area (Å²) in [5.41, 5.74) is 2.02. The molecule has 1 fully saturated rings. The molecule has 2 aromatic rings. The van der Waals surface area contributed by atoms with Gasteiger partial charge in [0.05, 0.1) is 22.8 Å². The molecule has 0 aromatic carbocycles. The van der Waals surface area contributed by atoms with Crippen molar-refractivity contribution in [3.8, 4) is 0 Å². The number of aryl methyl sites for hydroxylation is 1. The predicted molar refractivity (Wildman–Crippen MR) is 96.4 cm³/mol. The summed E-state index contributed by atoms with van der Waals surface area (Å²) >= 11 is 1.74. The molecular formula is C18H26N4OS. The molecule has 3 heterocycles. The van der Waals surface area contributed by atoms with Gasteiger partial charge < -0.3 is 4.90 Å². The summed E-state index contributed by atoms with van der Waals surface area (Å²) in [7, 11) is 0. The van der Waals surface area contributed by atoms with Gasteiger partial charge in [0.15, 0.2) is 0 Å². The minimum absolute atomic E-state index is 0.181. The normalized spacial score (nSPS) is 18.3. The Labute approximate surface area is 147 Å². The Hall–Kier alpha value is -1.69. The summed E-state index contributed by atoms with van der Waals surface area (Å²) < 4.78 is 1.91. The van der Waals surface area contributed by atoms with Crippen LogP contribution in [0.5, 0.6) is 0 Å². The maximum atomic E-state index is 12.6. The molecule has 0 unspecified atom stereocenters. The van der Waals surface area contributed by atoms with Crippen LogP contribution in [-0.2, 0) is 17.6 Å². The van der Waals surface area contributed by atoms with Crippen molar-refractivity contribution < 1.29 is 4.79 Å². The lowest BCUT2D eigenvalue weighted by Gasteiger charge is -2.31. The van der Waals surface area contributed by atoms with E-state index in [2.05, 4.69) is 31.2 Å². The van der Waals surface area contributed by atoms with Crippen LogP contribution >= 0.6 is 11.3 Å². The molecular weight excluding hydrogens is 320 g/mol. The summed E-state index contributed by atoms with van der Waals surface area (Å²) in [5, 5.41) is 7.83. The maximum absolute atomic E-state index is 12.6. The van der Waals surface area contributed by atoms with Crippen LogP contribution in [0.3, 0.4) is 0 Å². The monoisotopic (exact) mass is 346 g/mol. The van der Waals surface area contributed by atoms with Crippen molar-refractivity contribution in [3.63, 3.8) is 0 Å². The average Bonchev–Trinajstić information content (AvgIpc) is 3.24. The second-order valence-corrected chi connectivity index (χ2v) is 7.66. The smallest absolute Gasteiger partial charge is 0.228 e.